The molecule has 0 unspecified atom stereocenters. The zero-order valence-corrected chi connectivity index (χ0v) is 15.0. The van der Waals surface area contributed by atoms with Crippen LogP contribution in [0.4, 0.5) is 24.5 Å². The molecule has 9 heteroatoms. The third kappa shape index (κ3) is 3.60. The van der Waals surface area contributed by atoms with E-state index < -0.39 is 35.3 Å². The molecule has 0 saturated carbocycles. The number of hydrogen-bond donors (Lipinski definition) is 1. The second kappa shape index (κ2) is 7.41. The maximum Gasteiger partial charge on any atom is 0.418 e. The molecule has 2 aromatic carbocycles. The highest BCUT2D eigenvalue weighted by Crippen LogP contribution is 2.39. The number of hydrogen-bond acceptors (Lipinski definition) is 5. The van der Waals surface area contributed by atoms with Crippen LogP contribution in [-0.2, 0) is 15.8 Å². The van der Waals surface area contributed by atoms with Crippen LogP contribution in [0, 0.1) is 0 Å². The number of imide groups is 1. The maximum absolute atomic E-state index is 13.3. The van der Waals surface area contributed by atoms with Crippen molar-refractivity contribution in [2.24, 2.45) is 0 Å². The molecule has 0 bridgehead atoms. The summed E-state index contributed by atoms with van der Waals surface area (Å²) in [6, 6.07) is 8.28. The average Bonchev–Trinajstić information content (AvgIpc) is 2.94. The summed E-state index contributed by atoms with van der Waals surface area (Å²) in [6.45, 7) is 0. The molecule has 6 nitrogen and oxygen atoms in total. The first-order valence-corrected chi connectivity index (χ1v) is 8.28. The average molecular weight is 394 g/mol. The van der Waals surface area contributed by atoms with Crippen LogP contribution in [0.25, 0.3) is 0 Å². The Hall–Kier alpha value is -3.23. The molecule has 28 heavy (non-hydrogen) atoms. The SMILES string of the molecule is COc1ccc(N[C@H]2CC(=O)N(c3ccccc3C(F)(F)F)C2=O)c(OC)c1. The van der Waals surface area contributed by atoms with Gasteiger partial charge in [0.1, 0.15) is 17.5 Å². The van der Waals surface area contributed by atoms with E-state index >= 15 is 0 Å². The van der Waals surface area contributed by atoms with E-state index in [-0.39, 0.29) is 6.42 Å². The van der Waals surface area contributed by atoms with E-state index in [0.29, 0.717) is 22.1 Å². The quantitative estimate of drug-likeness (QED) is 0.787. The van der Waals surface area contributed by atoms with Crippen molar-refractivity contribution in [3.05, 3.63) is 48.0 Å². The smallest absolute Gasteiger partial charge is 0.418 e. The molecule has 2 aromatic rings. The molecule has 1 heterocycles. The molecule has 1 aliphatic heterocycles. The van der Waals surface area contributed by atoms with Crippen LogP contribution in [0.2, 0.25) is 0 Å². The lowest BCUT2D eigenvalue weighted by Crippen LogP contribution is -2.36. The van der Waals surface area contributed by atoms with Crippen molar-refractivity contribution >= 4 is 23.2 Å². The van der Waals surface area contributed by atoms with Crippen LogP contribution >= 0.6 is 0 Å². The predicted octanol–water partition coefficient (Wildman–Crippen LogP) is 3.47. The summed E-state index contributed by atoms with van der Waals surface area (Å²) in [5, 5.41) is 2.88. The van der Waals surface area contributed by atoms with Gasteiger partial charge in [-0.1, -0.05) is 12.1 Å². The number of ether oxygens (including phenoxy) is 2. The van der Waals surface area contributed by atoms with Crippen LogP contribution < -0.4 is 19.7 Å². The van der Waals surface area contributed by atoms with Gasteiger partial charge < -0.3 is 14.8 Å². The van der Waals surface area contributed by atoms with Gasteiger partial charge in [0.25, 0.3) is 5.91 Å². The van der Waals surface area contributed by atoms with Crippen LogP contribution in [0.15, 0.2) is 42.5 Å². The Balaban J connectivity index is 1.90. The summed E-state index contributed by atoms with van der Waals surface area (Å²) in [5.41, 5.74) is -1.10. The summed E-state index contributed by atoms with van der Waals surface area (Å²) in [5.74, 6) is -0.586. The Bertz CT molecular complexity index is 914. The van der Waals surface area contributed by atoms with Gasteiger partial charge in [0.05, 0.1) is 37.6 Å². The van der Waals surface area contributed by atoms with Crippen molar-refractivity contribution in [3.63, 3.8) is 0 Å². The van der Waals surface area contributed by atoms with Gasteiger partial charge in [-0.2, -0.15) is 13.2 Å². The number of methoxy groups -OCH3 is 2. The number of nitrogens with zero attached hydrogens (tertiary/aromatic N) is 1. The number of anilines is 2. The van der Waals surface area contributed by atoms with Gasteiger partial charge in [0.2, 0.25) is 5.91 Å². The number of rotatable bonds is 5. The van der Waals surface area contributed by atoms with Gasteiger partial charge in [-0.3, -0.25) is 9.59 Å². The molecule has 2 amide bonds. The number of amides is 2. The van der Waals surface area contributed by atoms with E-state index in [1.165, 1.54) is 26.4 Å². The highest BCUT2D eigenvalue weighted by molar-refractivity contribution is 6.23. The standard InChI is InChI=1S/C19H17F3N2O4/c1-27-11-7-8-13(16(9-11)28-2)23-14-10-17(25)24(18(14)26)15-6-4-3-5-12(15)19(20,21)22/h3-9,14,23H,10H2,1-2H3/t14-/m0/s1. The van der Waals surface area contributed by atoms with E-state index in [4.69, 9.17) is 9.47 Å². The lowest BCUT2D eigenvalue weighted by molar-refractivity contribution is -0.137. The number of carbonyl (C=O) groups is 2. The Morgan fingerprint density at radius 1 is 1.07 bits per heavy atom. The van der Waals surface area contributed by atoms with E-state index in [9.17, 15) is 22.8 Å². The molecule has 1 N–H and O–H groups in total. The minimum Gasteiger partial charge on any atom is -0.497 e. The molecule has 1 saturated heterocycles. The van der Waals surface area contributed by atoms with Gasteiger partial charge in [-0.15, -0.1) is 0 Å². The van der Waals surface area contributed by atoms with Crippen molar-refractivity contribution in [3.8, 4) is 11.5 Å². The van der Waals surface area contributed by atoms with Gasteiger partial charge in [0.15, 0.2) is 0 Å². The topological polar surface area (TPSA) is 67.9 Å². The van der Waals surface area contributed by atoms with Crippen LogP contribution in [0.5, 0.6) is 11.5 Å². The second-order valence-electron chi connectivity index (χ2n) is 6.05. The van der Waals surface area contributed by atoms with Crippen LogP contribution in [0.3, 0.4) is 0 Å². The Kier molecular flexibility index (Phi) is 5.17. The number of alkyl halides is 3. The molecule has 3 rings (SSSR count). The van der Waals surface area contributed by atoms with E-state index in [0.717, 1.165) is 12.1 Å². The molecule has 148 valence electrons. The fourth-order valence-corrected chi connectivity index (χ4v) is 3.01. The summed E-state index contributed by atoms with van der Waals surface area (Å²) in [7, 11) is 2.91. The summed E-state index contributed by atoms with van der Waals surface area (Å²) in [4.78, 5) is 25.7. The summed E-state index contributed by atoms with van der Waals surface area (Å²) >= 11 is 0. The summed E-state index contributed by atoms with van der Waals surface area (Å²) in [6.07, 6.45) is -4.97. The van der Waals surface area contributed by atoms with Gasteiger partial charge in [-0.25, -0.2) is 4.90 Å². The molecule has 1 atom stereocenters. The Morgan fingerprint density at radius 3 is 2.43 bits per heavy atom. The molecular formula is C19H17F3N2O4. The van der Waals surface area contributed by atoms with Crippen LogP contribution in [-0.4, -0.2) is 32.1 Å². The number of benzene rings is 2. The first-order chi connectivity index (χ1) is 13.3. The number of nitrogens with one attached hydrogen (secondary N) is 1. The fraction of sp³-hybridized carbons (Fsp3) is 0.263. The normalized spacial score (nSPS) is 17.0. The molecule has 1 aliphatic rings. The lowest BCUT2D eigenvalue weighted by atomic mass is 10.1. The summed E-state index contributed by atoms with van der Waals surface area (Å²) < 4.78 is 50.2. The molecule has 0 radical (unpaired) electrons. The highest BCUT2D eigenvalue weighted by Gasteiger charge is 2.44. The number of halogens is 3. The minimum absolute atomic E-state index is 0.278. The number of para-hydroxylation sites is 1. The number of carbonyl (C=O) groups excluding carboxylic acids is 2. The fourth-order valence-electron chi connectivity index (χ4n) is 3.01. The zero-order chi connectivity index (χ0) is 20.5. The van der Waals surface area contributed by atoms with Gasteiger partial charge in [0, 0.05) is 6.07 Å². The zero-order valence-electron chi connectivity index (χ0n) is 15.0. The minimum atomic E-state index is -4.69. The second-order valence-corrected chi connectivity index (χ2v) is 6.05. The van der Waals surface area contributed by atoms with Gasteiger partial charge in [-0.05, 0) is 24.3 Å². The molecule has 0 spiro atoms. The Labute approximate surface area is 158 Å². The Morgan fingerprint density at radius 2 is 1.79 bits per heavy atom. The third-order valence-corrected chi connectivity index (χ3v) is 4.34. The predicted molar refractivity (Wildman–Crippen MR) is 95.5 cm³/mol. The highest BCUT2D eigenvalue weighted by atomic mass is 19.4. The van der Waals surface area contributed by atoms with Crippen molar-refractivity contribution in [1.29, 1.82) is 0 Å². The monoisotopic (exact) mass is 394 g/mol. The van der Waals surface area contributed by atoms with E-state index in [2.05, 4.69) is 5.32 Å². The van der Waals surface area contributed by atoms with Crippen LogP contribution in [0.1, 0.15) is 12.0 Å². The lowest BCUT2D eigenvalue weighted by Gasteiger charge is -2.21. The molecular weight excluding hydrogens is 377 g/mol. The van der Waals surface area contributed by atoms with Crippen molar-refractivity contribution < 1.29 is 32.2 Å². The van der Waals surface area contributed by atoms with Crippen molar-refractivity contribution in [2.75, 3.05) is 24.4 Å². The molecule has 1 fully saturated rings. The molecule has 0 aliphatic carbocycles. The third-order valence-electron chi connectivity index (χ3n) is 4.34. The first-order valence-electron chi connectivity index (χ1n) is 8.28. The van der Waals surface area contributed by atoms with E-state index in [1.54, 1.807) is 18.2 Å². The first kappa shape index (κ1) is 19.5. The van der Waals surface area contributed by atoms with Gasteiger partial charge >= 0.3 is 6.18 Å². The maximum atomic E-state index is 13.3. The van der Waals surface area contributed by atoms with Crippen molar-refractivity contribution in [1.82, 2.24) is 0 Å². The van der Waals surface area contributed by atoms with E-state index in [1.807, 2.05) is 0 Å². The largest absolute Gasteiger partial charge is 0.497 e. The molecule has 0 aromatic heterocycles. The van der Waals surface area contributed by atoms with Crippen molar-refractivity contribution in [2.45, 2.75) is 18.6 Å².